The maximum atomic E-state index is 12.2. The zero-order chi connectivity index (χ0) is 15.5. The minimum Gasteiger partial charge on any atom is -0.462 e. The molecule has 3 nitrogen and oxygen atoms in total. The zero-order valence-corrected chi connectivity index (χ0v) is 13.2. The molecule has 0 aliphatic carbocycles. The highest BCUT2D eigenvalue weighted by atomic mass is 16.5. The van der Waals surface area contributed by atoms with E-state index >= 15 is 0 Å². The Hall–Kier alpha value is -2.03. The summed E-state index contributed by atoms with van der Waals surface area (Å²) in [5.41, 5.74) is 1.58. The van der Waals surface area contributed by atoms with E-state index in [1.165, 1.54) is 0 Å². The van der Waals surface area contributed by atoms with Crippen LogP contribution in [-0.4, -0.2) is 23.0 Å². The molecule has 0 fully saturated rings. The third-order valence-corrected chi connectivity index (χ3v) is 3.50. The van der Waals surface area contributed by atoms with Crippen LogP contribution < -0.4 is 0 Å². The molecule has 0 aromatic heterocycles. The van der Waals surface area contributed by atoms with Gasteiger partial charge in [0.1, 0.15) is 0 Å². The highest BCUT2D eigenvalue weighted by Gasteiger charge is 2.29. The van der Waals surface area contributed by atoms with Crippen molar-refractivity contribution in [3.63, 3.8) is 0 Å². The first-order valence-electron chi connectivity index (χ1n) is 7.34. The first kappa shape index (κ1) is 15.4. The van der Waals surface area contributed by atoms with Crippen molar-refractivity contribution < 1.29 is 9.53 Å². The summed E-state index contributed by atoms with van der Waals surface area (Å²) in [6.07, 6.45) is 8.24. The second-order valence-corrected chi connectivity index (χ2v) is 6.06. The molecule has 0 saturated carbocycles. The summed E-state index contributed by atoms with van der Waals surface area (Å²) in [7, 11) is 0. The van der Waals surface area contributed by atoms with Crippen molar-refractivity contribution in [2.24, 2.45) is 0 Å². The first-order chi connectivity index (χ1) is 9.95. The fourth-order valence-electron chi connectivity index (χ4n) is 2.54. The Morgan fingerprint density at radius 3 is 2.62 bits per heavy atom. The average Bonchev–Trinajstić information content (AvgIpc) is 2.46. The van der Waals surface area contributed by atoms with Gasteiger partial charge in [0, 0.05) is 11.7 Å². The van der Waals surface area contributed by atoms with Gasteiger partial charge in [-0.2, -0.15) is 0 Å². The molecule has 1 atom stereocenters. The number of rotatable bonds is 3. The lowest BCUT2D eigenvalue weighted by molar-refractivity contribution is 0.0521. The summed E-state index contributed by atoms with van der Waals surface area (Å²) in [5.74, 6) is -0.259. The SMILES string of the molecule is CCOC(=O)c1ccccc1C1C=CC=CN1C(C)(C)C. The summed E-state index contributed by atoms with van der Waals surface area (Å²) >= 11 is 0. The van der Waals surface area contributed by atoms with E-state index in [1.54, 1.807) is 0 Å². The molecule has 1 aromatic rings. The van der Waals surface area contributed by atoms with Crippen LogP contribution in [0.3, 0.4) is 0 Å². The van der Waals surface area contributed by atoms with Gasteiger partial charge in [0.05, 0.1) is 18.2 Å². The summed E-state index contributed by atoms with van der Waals surface area (Å²) in [5, 5.41) is 0. The van der Waals surface area contributed by atoms with E-state index in [4.69, 9.17) is 4.74 Å². The first-order valence-corrected chi connectivity index (χ1v) is 7.34. The van der Waals surface area contributed by atoms with Crippen LogP contribution in [-0.2, 0) is 4.74 Å². The Morgan fingerprint density at radius 2 is 1.95 bits per heavy atom. The number of nitrogens with zero attached hydrogens (tertiary/aromatic N) is 1. The van der Waals surface area contributed by atoms with Gasteiger partial charge in [0.2, 0.25) is 0 Å². The third-order valence-electron chi connectivity index (χ3n) is 3.50. The van der Waals surface area contributed by atoms with Crippen molar-refractivity contribution in [3.8, 4) is 0 Å². The Morgan fingerprint density at radius 1 is 1.24 bits per heavy atom. The van der Waals surface area contributed by atoms with E-state index < -0.39 is 0 Å². The molecule has 1 aliphatic rings. The molecule has 112 valence electrons. The second kappa shape index (κ2) is 6.17. The fourth-order valence-corrected chi connectivity index (χ4v) is 2.54. The van der Waals surface area contributed by atoms with Crippen LogP contribution in [0.2, 0.25) is 0 Å². The summed E-state index contributed by atoms with van der Waals surface area (Å²) < 4.78 is 5.18. The Balaban J connectivity index is 2.43. The third kappa shape index (κ3) is 3.35. The maximum Gasteiger partial charge on any atom is 0.338 e. The molecule has 21 heavy (non-hydrogen) atoms. The lowest BCUT2D eigenvalue weighted by Gasteiger charge is -2.41. The molecule has 0 saturated heterocycles. The van der Waals surface area contributed by atoms with Gasteiger partial charge in [-0.3, -0.25) is 0 Å². The molecule has 1 heterocycles. The molecule has 1 aliphatic heterocycles. The summed E-state index contributed by atoms with van der Waals surface area (Å²) in [4.78, 5) is 14.4. The molecule has 0 radical (unpaired) electrons. The molecule has 2 rings (SSSR count). The normalized spacial score (nSPS) is 17.9. The van der Waals surface area contributed by atoms with Gasteiger partial charge < -0.3 is 9.64 Å². The van der Waals surface area contributed by atoms with Gasteiger partial charge >= 0.3 is 5.97 Å². The number of allylic oxidation sites excluding steroid dienone is 2. The molecule has 1 aromatic carbocycles. The van der Waals surface area contributed by atoms with E-state index in [0.29, 0.717) is 12.2 Å². The van der Waals surface area contributed by atoms with Crippen molar-refractivity contribution in [2.45, 2.75) is 39.3 Å². The van der Waals surface area contributed by atoms with E-state index in [1.807, 2.05) is 43.3 Å². The molecule has 0 amide bonds. The van der Waals surface area contributed by atoms with E-state index in [2.05, 4.69) is 37.9 Å². The van der Waals surface area contributed by atoms with Crippen LogP contribution >= 0.6 is 0 Å². The molecule has 0 N–H and O–H groups in total. The Labute approximate surface area is 126 Å². The minimum atomic E-state index is -0.259. The highest BCUT2D eigenvalue weighted by Crippen LogP contribution is 2.33. The van der Waals surface area contributed by atoms with Crippen molar-refractivity contribution in [1.29, 1.82) is 0 Å². The monoisotopic (exact) mass is 285 g/mol. The number of carbonyl (C=O) groups excluding carboxylic acids is 1. The van der Waals surface area contributed by atoms with E-state index in [0.717, 1.165) is 5.56 Å². The van der Waals surface area contributed by atoms with Crippen LogP contribution in [0.25, 0.3) is 0 Å². The lowest BCUT2D eigenvalue weighted by Crippen LogP contribution is -2.40. The van der Waals surface area contributed by atoms with Crippen molar-refractivity contribution in [3.05, 3.63) is 59.8 Å². The Bertz CT molecular complexity index is 567. The van der Waals surface area contributed by atoms with Crippen LogP contribution in [0.5, 0.6) is 0 Å². The molecular weight excluding hydrogens is 262 g/mol. The number of benzene rings is 1. The fraction of sp³-hybridized carbons (Fsp3) is 0.389. The second-order valence-electron chi connectivity index (χ2n) is 6.06. The Kier molecular flexibility index (Phi) is 4.51. The highest BCUT2D eigenvalue weighted by molar-refractivity contribution is 5.91. The molecule has 0 spiro atoms. The van der Waals surface area contributed by atoms with Gasteiger partial charge in [-0.05, 0) is 45.4 Å². The van der Waals surface area contributed by atoms with Gasteiger partial charge in [-0.25, -0.2) is 4.79 Å². The number of carbonyl (C=O) groups is 1. The van der Waals surface area contributed by atoms with E-state index in [-0.39, 0.29) is 17.6 Å². The number of esters is 1. The molecule has 3 heteroatoms. The summed E-state index contributed by atoms with van der Waals surface area (Å²) in [6, 6.07) is 7.71. The van der Waals surface area contributed by atoms with Gasteiger partial charge in [0.25, 0.3) is 0 Å². The number of hydrogen-bond acceptors (Lipinski definition) is 3. The molecular formula is C18H23NO2. The maximum absolute atomic E-state index is 12.2. The van der Waals surface area contributed by atoms with Crippen molar-refractivity contribution in [1.82, 2.24) is 4.90 Å². The van der Waals surface area contributed by atoms with Crippen LogP contribution in [0.1, 0.15) is 49.7 Å². The zero-order valence-electron chi connectivity index (χ0n) is 13.2. The smallest absolute Gasteiger partial charge is 0.338 e. The van der Waals surface area contributed by atoms with Crippen molar-refractivity contribution in [2.75, 3.05) is 6.61 Å². The number of ether oxygens (including phenoxy) is 1. The van der Waals surface area contributed by atoms with Crippen LogP contribution in [0, 0.1) is 0 Å². The number of hydrogen-bond donors (Lipinski definition) is 0. The standard InChI is InChI=1S/C18H23NO2/c1-5-21-17(20)15-11-7-6-10-14(15)16-12-8-9-13-19(16)18(2,3)4/h6-13,16H,5H2,1-4H3. The van der Waals surface area contributed by atoms with Crippen LogP contribution in [0.4, 0.5) is 0 Å². The lowest BCUT2D eigenvalue weighted by atomic mass is 9.93. The molecule has 1 unspecified atom stereocenters. The largest absolute Gasteiger partial charge is 0.462 e. The minimum absolute atomic E-state index is 0.0340. The average molecular weight is 285 g/mol. The van der Waals surface area contributed by atoms with Crippen molar-refractivity contribution >= 4 is 5.97 Å². The summed E-state index contributed by atoms with van der Waals surface area (Å²) in [6.45, 7) is 8.70. The quantitative estimate of drug-likeness (QED) is 0.783. The topological polar surface area (TPSA) is 29.5 Å². The van der Waals surface area contributed by atoms with Gasteiger partial charge in [-0.1, -0.05) is 30.4 Å². The van der Waals surface area contributed by atoms with Crippen LogP contribution in [0.15, 0.2) is 48.7 Å². The van der Waals surface area contributed by atoms with Gasteiger partial charge in [0.15, 0.2) is 0 Å². The molecule has 0 bridgehead atoms. The predicted molar refractivity (Wildman–Crippen MR) is 85.0 cm³/mol. The van der Waals surface area contributed by atoms with Gasteiger partial charge in [-0.15, -0.1) is 0 Å². The predicted octanol–water partition coefficient (Wildman–Crippen LogP) is 4.09. The van der Waals surface area contributed by atoms with E-state index in [9.17, 15) is 4.79 Å².